The Hall–Kier alpha value is -1.47. The minimum absolute atomic E-state index is 0.513. The first-order valence-electron chi connectivity index (χ1n) is 9.58. The lowest BCUT2D eigenvalue weighted by molar-refractivity contribution is 0.533. The molecule has 27 heavy (non-hydrogen) atoms. The zero-order valence-corrected chi connectivity index (χ0v) is 19.4. The molecule has 0 aliphatic rings. The van der Waals surface area contributed by atoms with Gasteiger partial charge in [0.05, 0.1) is 16.1 Å². The summed E-state index contributed by atoms with van der Waals surface area (Å²) in [5.41, 5.74) is 5.35. The molecule has 3 rings (SSSR count). The van der Waals surface area contributed by atoms with Gasteiger partial charge in [-0.3, -0.25) is 0 Å². The summed E-state index contributed by atoms with van der Waals surface area (Å²) in [4.78, 5) is 12.7. The van der Waals surface area contributed by atoms with Crippen LogP contribution in [0.25, 0.3) is 16.1 Å². The van der Waals surface area contributed by atoms with Crippen molar-refractivity contribution in [3.8, 4) is 10.4 Å². The van der Waals surface area contributed by atoms with E-state index in [2.05, 4.69) is 59.2 Å². The van der Waals surface area contributed by atoms with Gasteiger partial charge in [0.2, 0.25) is 0 Å². The van der Waals surface area contributed by atoms with E-state index in [4.69, 9.17) is 10.1 Å². The number of halogens is 1. The summed E-state index contributed by atoms with van der Waals surface area (Å²) in [5, 5.41) is 5.88. The van der Waals surface area contributed by atoms with Crippen LogP contribution in [0.15, 0.2) is 10.7 Å². The van der Waals surface area contributed by atoms with E-state index < -0.39 is 0 Å². The van der Waals surface area contributed by atoms with Crippen molar-refractivity contribution >= 4 is 38.0 Å². The minimum atomic E-state index is 0.513. The first-order chi connectivity index (χ1) is 12.9. The number of anilines is 1. The van der Waals surface area contributed by atoms with Gasteiger partial charge < -0.3 is 4.90 Å². The molecule has 0 radical (unpaired) electrons. The molecule has 3 heterocycles. The van der Waals surface area contributed by atoms with Gasteiger partial charge in [0.1, 0.15) is 4.60 Å². The monoisotopic (exact) mass is 449 g/mol. The Bertz CT molecular complexity index is 938. The Kier molecular flexibility index (Phi) is 6.21. The van der Waals surface area contributed by atoms with E-state index in [0.29, 0.717) is 5.92 Å². The van der Waals surface area contributed by atoms with Gasteiger partial charge in [-0.05, 0) is 48.7 Å². The van der Waals surface area contributed by atoms with Crippen LogP contribution in [-0.4, -0.2) is 33.7 Å². The molecule has 0 saturated heterocycles. The SMILES string of the molecule is CCCC(CCC)c1cc(C)nc2c(-c3sc(N(C)C)nc3Br)c(C)nn12. The van der Waals surface area contributed by atoms with Crippen LogP contribution in [-0.2, 0) is 0 Å². The molecule has 0 atom stereocenters. The van der Waals surface area contributed by atoms with Crippen molar-refractivity contribution in [3.63, 3.8) is 0 Å². The molecular formula is C20H28BrN5S. The van der Waals surface area contributed by atoms with Crippen molar-refractivity contribution in [3.05, 3.63) is 27.8 Å². The lowest BCUT2D eigenvalue weighted by atomic mass is 9.94. The Morgan fingerprint density at radius 2 is 1.81 bits per heavy atom. The molecule has 0 saturated carbocycles. The third-order valence-corrected chi connectivity index (χ3v) is 6.87. The van der Waals surface area contributed by atoms with Gasteiger partial charge in [0.25, 0.3) is 0 Å². The van der Waals surface area contributed by atoms with Crippen LogP contribution < -0.4 is 4.90 Å². The fourth-order valence-electron chi connectivity index (χ4n) is 3.60. The second kappa shape index (κ2) is 8.27. The molecule has 3 aromatic rings. The quantitative estimate of drug-likeness (QED) is 0.444. The maximum absolute atomic E-state index is 4.91. The Morgan fingerprint density at radius 3 is 2.37 bits per heavy atom. The summed E-state index contributed by atoms with van der Waals surface area (Å²) < 4.78 is 2.94. The van der Waals surface area contributed by atoms with E-state index in [1.807, 2.05) is 19.0 Å². The molecule has 0 amide bonds. The molecule has 0 aliphatic heterocycles. The van der Waals surface area contributed by atoms with Crippen LogP contribution in [0.2, 0.25) is 0 Å². The second-order valence-corrected chi connectivity index (χ2v) is 9.03. The number of aryl methyl sites for hydroxylation is 2. The van der Waals surface area contributed by atoms with E-state index in [1.54, 1.807) is 11.3 Å². The molecule has 0 aromatic carbocycles. The van der Waals surface area contributed by atoms with Gasteiger partial charge in [0.15, 0.2) is 10.8 Å². The van der Waals surface area contributed by atoms with E-state index >= 15 is 0 Å². The van der Waals surface area contributed by atoms with Crippen molar-refractivity contribution in [2.75, 3.05) is 19.0 Å². The number of fused-ring (bicyclic) bond motifs is 1. The zero-order valence-electron chi connectivity index (χ0n) is 17.0. The highest BCUT2D eigenvalue weighted by atomic mass is 79.9. The van der Waals surface area contributed by atoms with Gasteiger partial charge in [-0.25, -0.2) is 14.5 Å². The normalized spacial score (nSPS) is 11.7. The number of aromatic nitrogens is 4. The summed E-state index contributed by atoms with van der Waals surface area (Å²) in [6.07, 6.45) is 4.70. The predicted octanol–water partition coefficient (Wildman–Crippen LogP) is 5.98. The molecule has 3 aromatic heterocycles. The average Bonchev–Trinajstić information content (AvgIpc) is 3.13. The zero-order chi connectivity index (χ0) is 19.7. The summed E-state index contributed by atoms with van der Waals surface area (Å²) in [6.45, 7) is 8.66. The molecule has 146 valence electrons. The first-order valence-corrected chi connectivity index (χ1v) is 11.2. The fourth-order valence-corrected chi connectivity index (χ4v) is 5.30. The van der Waals surface area contributed by atoms with E-state index in [9.17, 15) is 0 Å². The van der Waals surface area contributed by atoms with Crippen LogP contribution in [0.4, 0.5) is 5.13 Å². The fraction of sp³-hybridized carbons (Fsp3) is 0.550. The third kappa shape index (κ3) is 3.90. The van der Waals surface area contributed by atoms with Crippen LogP contribution >= 0.6 is 27.3 Å². The minimum Gasteiger partial charge on any atom is -0.354 e. The van der Waals surface area contributed by atoms with Crippen molar-refractivity contribution < 1.29 is 0 Å². The molecule has 0 fully saturated rings. The Balaban J connectivity index is 2.23. The van der Waals surface area contributed by atoms with Gasteiger partial charge >= 0.3 is 0 Å². The molecule has 5 nitrogen and oxygen atoms in total. The molecule has 0 spiro atoms. The molecule has 0 N–H and O–H groups in total. The summed E-state index contributed by atoms with van der Waals surface area (Å²) in [6, 6.07) is 2.21. The number of rotatable bonds is 7. The Labute approximate surface area is 174 Å². The predicted molar refractivity (Wildman–Crippen MR) is 118 cm³/mol. The number of nitrogens with zero attached hydrogens (tertiary/aromatic N) is 5. The van der Waals surface area contributed by atoms with E-state index in [0.717, 1.165) is 37.2 Å². The highest BCUT2D eigenvalue weighted by Gasteiger charge is 2.23. The summed E-state index contributed by atoms with van der Waals surface area (Å²) in [5.74, 6) is 0.513. The van der Waals surface area contributed by atoms with E-state index in [-0.39, 0.29) is 0 Å². The van der Waals surface area contributed by atoms with Crippen LogP contribution in [0.1, 0.15) is 62.5 Å². The van der Waals surface area contributed by atoms with Gasteiger partial charge in [-0.1, -0.05) is 38.0 Å². The second-order valence-electron chi connectivity index (χ2n) is 7.30. The molecule has 7 heteroatoms. The lowest BCUT2D eigenvalue weighted by Gasteiger charge is -2.17. The molecule has 0 aliphatic carbocycles. The third-order valence-electron chi connectivity index (χ3n) is 4.80. The maximum atomic E-state index is 4.91. The van der Waals surface area contributed by atoms with Crippen LogP contribution in [0.5, 0.6) is 0 Å². The van der Waals surface area contributed by atoms with Crippen molar-refractivity contribution in [2.24, 2.45) is 0 Å². The highest BCUT2D eigenvalue weighted by molar-refractivity contribution is 9.10. The standard InChI is InChI=1S/C20H28BrN5S/c1-7-9-14(10-8-2)15-11-12(3)22-19-16(13(4)24-26(15)19)17-18(21)23-20(27-17)25(5)6/h11,14H,7-10H2,1-6H3. The van der Waals surface area contributed by atoms with E-state index in [1.165, 1.54) is 31.4 Å². The Morgan fingerprint density at radius 1 is 1.15 bits per heavy atom. The molecule has 0 unspecified atom stereocenters. The smallest absolute Gasteiger partial charge is 0.186 e. The van der Waals surface area contributed by atoms with Crippen LogP contribution in [0, 0.1) is 13.8 Å². The summed E-state index contributed by atoms with van der Waals surface area (Å²) in [7, 11) is 4.03. The topological polar surface area (TPSA) is 46.3 Å². The largest absolute Gasteiger partial charge is 0.354 e. The number of hydrogen-bond acceptors (Lipinski definition) is 5. The van der Waals surface area contributed by atoms with Crippen LogP contribution in [0.3, 0.4) is 0 Å². The first kappa shape index (κ1) is 20.3. The molecular weight excluding hydrogens is 422 g/mol. The maximum Gasteiger partial charge on any atom is 0.186 e. The van der Waals surface area contributed by atoms with Crippen molar-refractivity contribution in [1.82, 2.24) is 19.6 Å². The highest BCUT2D eigenvalue weighted by Crippen LogP contribution is 2.41. The average molecular weight is 450 g/mol. The van der Waals surface area contributed by atoms with Gasteiger partial charge in [-0.2, -0.15) is 5.10 Å². The van der Waals surface area contributed by atoms with Gasteiger partial charge in [-0.15, -0.1) is 0 Å². The number of hydrogen-bond donors (Lipinski definition) is 0. The number of thiazole rings is 1. The molecule has 0 bridgehead atoms. The summed E-state index contributed by atoms with van der Waals surface area (Å²) >= 11 is 5.32. The van der Waals surface area contributed by atoms with Gasteiger partial charge in [0, 0.05) is 31.4 Å². The lowest BCUT2D eigenvalue weighted by Crippen LogP contribution is -2.08. The van der Waals surface area contributed by atoms with Crippen molar-refractivity contribution in [2.45, 2.75) is 59.3 Å². The van der Waals surface area contributed by atoms with Crippen molar-refractivity contribution in [1.29, 1.82) is 0 Å².